The quantitative estimate of drug-likeness (QED) is 0.811. The minimum atomic E-state index is -0.321. The number of pyridine rings is 1. The fourth-order valence-corrected chi connectivity index (χ4v) is 1.45. The van der Waals surface area contributed by atoms with Gasteiger partial charge in [-0.3, -0.25) is 9.59 Å². The fourth-order valence-electron chi connectivity index (χ4n) is 1.45. The molecule has 18 heavy (non-hydrogen) atoms. The summed E-state index contributed by atoms with van der Waals surface area (Å²) in [6.45, 7) is 3.37. The van der Waals surface area contributed by atoms with Gasteiger partial charge in [0, 0.05) is 18.0 Å². The molecule has 0 aliphatic heterocycles. The molecule has 5 nitrogen and oxygen atoms in total. The van der Waals surface area contributed by atoms with E-state index in [9.17, 15) is 9.59 Å². The van der Waals surface area contributed by atoms with Crippen LogP contribution in [0.25, 0.3) is 0 Å². The molecule has 0 saturated carbocycles. The number of ketones is 1. The minimum Gasteiger partial charge on any atom is -0.356 e. The number of rotatable bonds is 3. The van der Waals surface area contributed by atoms with Crippen LogP contribution in [0.3, 0.4) is 0 Å². The number of anilines is 1. The summed E-state index contributed by atoms with van der Waals surface area (Å²) >= 11 is 0. The number of nitrogens with zero attached hydrogens (tertiary/aromatic N) is 1. The second-order valence-electron chi connectivity index (χ2n) is 4.03. The second-order valence-corrected chi connectivity index (χ2v) is 4.03. The molecule has 0 aromatic carbocycles. The molecule has 92 valence electrons. The van der Waals surface area contributed by atoms with Gasteiger partial charge in [0.05, 0.1) is 0 Å². The van der Waals surface area contributed by atoms with Crippen molar-refractivity contribution in [2.24, 2.45) is 0 Å². The van der Waals surface area contributed by atoms with Crippen molar-refractivity contribution in [1.29, 1.82) is 0 Å². The van der Waals surface area contributed by atoms with Crippen LogP contribution in [0.5, 0.6) is 0 Å². The molecule has 0 atom stereocenters. The highest BCUT2D eigenvalue weighted by molar-refractivity contribution is 6.04. The molecule has 0 spiro atoms. The molecule has 0 aliphatic carbocycles. The van der Waals surface area contributed by atoms with E-state index in [1.807, 2.05) is 13.0 Å². The third-order valence-electron chi connectivity index (χ3n) is 2.49. The lowest BCUT2D eigenvalue weighted by molar-refractivity contribution is 0.101. The van der Waals surface area contributed by atoms with Gasteiger partial charge in [-0.15, -0.1) is 0 Å². The molecular formula is C13H13N3O2. The summed E-state index contributed by atoms with van der Waals surface area (Å²) < 4.78 is 0. The molecular weight excluding hydrogens is 230 g/mol. The lowest BCUT2D eigenvalue weighted by Crippen LogP contribution is -2.13. The van der Waals surface area contributed by atoms with Gasteiger partial charge >= 0.3 is 0 Å². The summed E-state index contributed by atoms with van der Waals surface area (Å²) in [6.07, 6.45) is 3.19. The third kappa shape index (κ3) is 2.63. The Hall–Kier alpha value is -2.43. The maximum atomic E-state index is 11.8. The smallest absolute Gasteiger partial charge is 0.273 e. The molecule has 2 heterocycles. The standard InChI is InChI=1S/C13H13N3O2/c1-8-3-4-12(15-6-8)16-13(18)11-5-10(7-14-11)9(2)17/h3-7,14H,1-2H3,(H,15,16,18). The zero-order valence-corrected chi connectivity index (χ0v) is 10.2. The zero-order chi connectivity index (χ0) is 13.1. The zero-order valence-electron chi connectivity index (χ0n) is 10.2. The van der Waals surface area contributed by atoms with E-state index in [0.717, 1.165) is 5.56 Å². The highest BCUT2D eigenvalue weighted by Gasteiger charge is 2.11. The van der Waals surface area contributed by atoms with Crippen LogP contribution < -0.4 is 5.32 Å². The number of H-pyrrole nitrogens is 1. The van der Waals surface area contributed by atoms with Crippen molar-refractivity contribution in [2.75, 3.05) is 5.32 Å². The van der Waals surface area contributed by atoms with Gasteiger partial charge in [-0.1, -0.05) is 6.07 Å². The number of carbonyl (C=O) groups excluding carboxylic acids is 2. The average molecular weight is 243 g/mol. The maximum Gasteiger partial charge on any atom is 0.273 e. The SMILES string of the molecule is CC(=O)c1c[nH]c(C(=O)Nc2ccc(C)cn2)c1. The molecule has 2 aromatic rings. The van der Waals surface area contributed by atoms with E-state index in [1.54, 1.807) is 12.3 Å². The van der Waals surface area contributed by atoms with Gasteiger partial charge in [-0.2, -0.15) is 0 Å². The minimum absolute atomic E-state index is 0.0845. The largest absolute Gasteiger partial charge is 0.356 e. The number of aromatic nitrogens is 2. The summed E-state index contributed by atoms with van der Waals surface area (Å²) in [7, 11) is 0. The second kappa shape index (κ2) is 4.83. The topological polar surface area (TPSA) is 74.8 Å². The Bertz CT molecular complexity index is 585. The highest BCUT2D eigenvalue weighted by atomic mass is 16.2. The molecule has 2 aromatic heterocycles. The Kier molecular flexibility index (Phi) is 3.23. The molecule has 0 aliphatic rings. The van der Waals surface area contributed by atoms with Crippen molar-refractivity contribution in [1.82, 2.24) is 9.97 Å². The molecule has 0 fully saturated rings. The van der Waals surface area contributed by atoms with Gasteiger partial charge in [0.15, 0.2) is 5.78 Å². The van der Waals surface area contributed by atoms with Crippen LogP contribution in [0.2, 0.25) is 0 Å². The summed E-state index contributed by atoms with van der Waals surface area (Å²) in [4.78, 5) is 29.8. The van der Waals surface area contributed by atoms with Crippen molar-refractivity contribution in [2.45, 2.75) is 13.8 Å². The Labute approximate surface area is 104 Å². The van der Waals surface area contributed by atoms with E-state index in [-0.39, 0.29) is 11.7 Å². The first-order valence-corrected chi connectivity index (χ1v) is 5.49. The predicted octanol–water partition coefficient (Wildman–Crippen LogP) is 2.17. The van der Waals surface area contributed by atoms with E-state index >= 15 is 0 Å². The molecule has 0 unspecified atom stereocenters. The van der Waals surface area contributed by atoms with Crippen LogP contribution in [0.4, 0.5) is 5.82 Å². The monoisotopic (exact) mass is 243 g/mol. The fraction of sp³-hybridized carbons (Fsp3) is 0.154. The Morgan fingerprint density at radius 1 is 1.33 bits per heavy atom. The van der Waals surface area contributed by atoms with Crippen molar-refractivity contribution in [3.63, 3.8) is 0 Å². The van der Waals surface area contributed by atoms with Crippen molar-refractivity contribution < 1.29 is 9.59 Å². The molecule has 0 saturated heterocycles. The van der Waals surface area contributed by atoms with E-state index < -0.39 is 0 Å². The Morgan fingerprint density at radius 2 is 2.11 bits per heavy atom. The number of Topliss-reactive ketones (excluding diaryl/α,β-unsaturated/α-hetero) is 1. The lowest BCUT2D eigenvalue weighted by Gasteiger charge is -2.02. The number of carbonyl (C=O) groups is 2. The number of hydrogen-bond donors (Lipinski definition) is 2. The number of hydrogen-bond acceptors (Lipinski definition) is 3. The van der Waals surface area contributed by atoms with E-state index in [0.29, 0.717) is 17.1 Å². The molecule has 0 radical (unpaired) electrons. The van der Waals surface area contributed by atoms with Crippen LogP contribution in [0, 0.1) is 6.92 Å². The van der Waals surface area contributed by atoms with Crippen LogP contribution in [0.15, 0.2) is 30.6 Å². The highest BCUT2D eigenvalue weighted by Crippen LogP contribution is 2.08. The summed E-state index contributed by atoms with van der Waals surface area (Å²) in [5.74, 6) is 0.0715. The average Bonchev–Trinajstić information content (AvgIpc) is 2.81. The van der Waals surface area contributed by atoms with Crippen LogP contribution in [-0.2, 0) is 0 Å². The van der Waals surface area contributed by atoms with Crippen LogP contribution in [-0.4, -0.2) is 21.7 Å². The van der Waals surface area contributed by atoms with Crippen LogP contribution in [0.1, 0.15) is 33.3 Å². The third-order valence-corrected chi connectivity index (χ3v) is 2.49. The normalized spacial score (nSPS) is 10.1. The number of nitrogens with one attached hydrogen (secondary N) is 2. The van der Waals surface area contributed by atoms with Gasteiger partial charge < -0.3 is 10.3 Å². The van der Waals surface area contributed by atoms with Gasteiger partial charge in [0.25, 0.3) is 5.91 Å². The lowest BCUT2D eigenvalue weighted by atomic mass is 10.2. The Morgan fingerprint density at radius 3 is 2.67 bits per heavy atom. The number of aromatic amines is 1. The van der Waals surface area contributed by atoms with Crippen molar-refractivity contribution in [3.05, 3.63) is 47.4 Å². The first kappa shape index (κ1) is 12.0. The molecule has 2 N–H and O–H groups in total. The van der Waals surface area contributed by atoms with Gasteiger partial charge in [0.1, 0.15) is 11.5 Å². The molecule has 0 bridgehead atoms. The first-order valence-electron chi connectivity index (χ1n) is 5.49. The Balaban J connectivity index is 2.11. The first-order chi connectivity index (χ1) is 8.56. The van der Waals surface area contributed by atoms with Crippen LogP contribution >= 0.6 is 0 Å². The van der Waals surface area contributed by atoms with Gasteiger partial charge in [0.2, 0.25) is 0 Å². The van der Waals surface area contributed by atoms with Crippen molar-refractivity contribution >= 4 is 17.5 Å². The van der Waals surface area contributed by atoms with Gasteiger partial charge in [-0.25, -0.2) is 4.98 Å². The molecule has 5 heteroatoms. The number of aryl methyl sites for hydroxylation is 1. The summed E-state index contributed by atoms with van der Waals surface area (Å²) in [6, 6.07) is 5.10. The van der Waals surface area contributed by atoms with Crippen molar-refractivity contribution in [3.8, 4) is 0 Å². The summed E-state index contributed by atoms with van der Waals surface area (Å²) in [5.41, 5.74) is 1.84. The summed E-state index contributed by atoms with van der Waals surface area (Å²) in [5, 5.41) is 2.65. The van der Waals surface area contributed by atoms with E-state index in [1.165, 1.54) is 19.2 Å². The molecule has 2 rings (SSSR count). The van der Waals surface area contributed by atoms with Gasteiger partial charge in [-0.05, 0) is 31.5 Å². The van der Waals surface area contributed by atoms with E-state index in [4.69, 9.17) is 0 Å². The molecule has 1 amide bonds. The number of amides is 1. The predicted molar refractivity (Wildman–Crippen MR) is 67.7 cm³/mol. The maximum absolute atomic E-state index is 11.8. The van der Waals surface area contributed by atoms with E-state index in [2.05, 4.69) is 15.3 Å².